The third-order valence-corrected chi connectivity index (χ3v) is 4.29. The van der Waals surface area contributed by atoms with Crippen LogP contribution in [0.25, 0.3) is 0 Å². The van der Waals surface area contributed by atoms with E-state index in [1.165, 1.54) is 11.6 Å². The predicted molar refractivity (Wildman–Crippen MR) is 82.0 cm³/mol. The topological polar surface area (TPSA) is 3.24 Å². The number of hydrogen-bond donors (Lipinski definition) is 0. The van der Waals surface area contributed by atoms with Crippen molar-refractivity contribution in [2.75, 3.05) is 18.0 Å². The lowest BCUT2D eigenvalue weighted by atomic mass is 9.99. The molecular weight excluding hydrogens is 273 g/mol. The lowest BCUT2D eigenvalue weighted by molar-refractivity contribution is 0.616. The van der Waals surface area contributed by atoms with Crippen LogP contribution in [0.4, 0.5) is 10.1 Å². The maximum atomic E-state index is 13.8. The number of alkyl halides is 1. The Hall–Kier alpha value is -1.54. The van der Waals surface area contributed by atoms with E-state index in [2.05, 4.69) is 29.2 Å². The number of benzene rings is 2. The molecule has 1 unspecified atom stereocenters. The van der Waals surface area contributed by atoms with Crippen molar-refractivity contribution in [3.63, 3.8) is 0 Å². The van der Waals surface area contributed by atoms with E-state index in [1.54, 1.807) is 6.07 Å². The van der Waals surface area contributed by atoms with E-state index < -0.39 is 0 Å². The van der Waals surface area contributed by atoms with Crippen molar-refractivity contribution >= 4 is 17.3 Å². The van der Waals surface area contributed by atoms with Gasteiger partial charge in [0.25, 0.3) is 0 Å². The lowest BCUT2D eigenvalue weighted by Gasteiger charge is -2.22. The van der Waals surface area contributed by atoms with E-state index in [1.807, 2.05) is 12.1 Å². The molecular formula is C17H17ClFN. The molecule has 0 aromatic heterocycles. The van der Waals surface area contributed by atoms with Gasteiger partial charge in [0.2, 0.25) is 0 Å². The second kappa shape index (κ2) is 5.84. The predicted octanol–water partition coefficient (Wildman–Crippen LogP) is 4.56. The van der Waals surface area contributed by atoms with Crippen LogP contribution < -0.4 is 4.90 Å². The molecule has 3 heteroatoms. The van der Waals surface area contributed by atoms with E-state index in [9.17, 15) is 4.39 Å². The van der Waals surface area contributed by atoms with Crippen LogP contribution in [0.1, 0.15) is 23.5 Å². The Morgan fingerprint density at radius 2 is 1.90 bits per heavy atom. The minimum Gasteiger partial charge on any atom is -0.371 e. The van der Waals surface area contributed by atoms with E-state index in [4.69, 9.17) is 11.6 Å². The summed E-state index contributed by atoms with van der Waals surface area (Å²) in [6, 6.07) is 15.7. The molecule has 1 fully saturated rings. The molecule has 0 N–H and O–H groups in total. The van der Waals surface area contributed by atoms with Crippen LogP contribution in [-0.4, -0.2) is 13.1 Å². The first kappa shape index (κ1) is 13.4. The van der Waals surface area contributed by atoms with Crippen molar-refractivity contribution in [2.24, 2.45) is 0 Å². The van der Waals surface area contributed by atoms with Gasteiger partial charge in [-0.05, 0) is 24.1 Å². The Balaban J connectivity index is 1.83. The highest BCUT2D eigenvalue weighted by Crippen LogP contribution is 2.33. The first-order valence-corrected chi connectivity index (χ1v) is 7.46. The average molecular weight is 290 g/mol. The molecule has 104 valence electrons. The molecule has 0 saturated carbocycles. The largest absolute Gasteiger partial charge is 0.371 e. The quantitative estimate of drug-likeness (QED) is 0.749. The zero-order valence-electron chi connectivity index (χ0n) is 11.2. The lowest BCUT2D eigenvalue weighted by Crippen LogP contribution is -2.21. The summed E-state index contributed by atoms with van der Waals surface area (Å²) in [6.45, 7) is 1.88. The Bertz CT molecular complexity index is 585. The van der Waals surface area contributed by atoms with Gasteiger partial charge >= 0.3 is 0 Å². The molecule has 0 radical (unpaired) electrons. The molecule has 1 heterocycles. The molecule has 3 rings (SSSR count). The zero-order chi connectivity index (χ0) is 13.9. The third-order valence-electron chi connectivity index (χ3n) is 4.03. The summed E-state index contributed by atoms with van der Waals surface area (Å²) in [4.78, 5) is 2.25. The van der Waals surface area contributed by atoms with Crippen molar-refractivity contribution in [1.29, 1.82) is 0 Å². The summed E-state index contributed by atoms with van der Waals surface area (Å²) in [5, 5.41) is 0. The van der Waals surface area contributed by atoms with Gasteiger partial charge in [0.05, 0.1) is 5.88 Å². The summed E-state index contributed by atoms with van der Waals surface area (Å²) in [5.41, 5.74) is 2.92. The van der Waals surface area contributed by atoms with Gasteiger partial charge in [-0.3, -0.25) is 0 Å². The van der Waals surface area contributed by atoms with E-state index in [-0.39, 0.29) is 11.7 Å². The molecule has 20 heavy (non-hydrogen) atoms. The molecule has 1 aliphatic rings. The van der Waals surface area contributed by atoms with E-state index in [0.717, 1.165) is 25.2 Å². The summed E-state index contributed by atoms with van der Waals surface area (Å²) >= 11 is 5.90. The van der Waals surface area contributed by atoms with Crippen molar-refractivity contribution < 1.29 is 4.39 Å². The van der Waals surface area contributed by atoms with Crippen LogP contribution in [0.5, 0.6) is 0 Å². The van der Waals surface area contributed by atoms with Gasteiger partial charge in [0, 0.05) is 30.3 Å². The van der Waals surface area contributed by atoms with Crippen LogP contribution in [0.15, 0.2) is 48.5 Å². The number of rotatable bonds is 3. The Morgan fingerprint density at radius 1 is 1.10 bits per heavy atom. The van der Waals surface area contributed by atoms with Crippen LogP contribution in [0, 0.1) is 5.82 Å². The third kappa shape index (κ3) is 2.53. The summed E-state index contributed by atoms with van der Waals surface area (Å²) in [7, 11) is 0. The second-order valence-corrected chi connectivity index (χ2v) is 5.48. The maximum Gasteiger partial charge on any atom is 0.129 e. The minimum atomic E-state index is -0.208. The fourth-order valence-corrected chi connectivity index (χ4v) is 3.22. The normalized spacial score (nSPS) is 18.5. The van der Waals surface area contributed by atoms with Crippen LogP contribution >= 0.6 is 11.6 Å². The van der Waals surface area contributed by atoms with Crippen molar-refractivity contribution in [3.05, 3.63) is 65.5 Å². The molecule has 2 aromatic carbocycles. The van der Waals surface area contributed by atoms with Gasteiger partial charge in [0.15, 0.2) is 0 Å². The van der Waals surface area contributed by atoms with Gasteiger partial charge in [0.1, 0.15) is 5.82 Å². The maximum absolute atomic E-state index is 13.8. The van der Waals surface area contributed by atoms with E-state index >= 15 is 0 Å². The average Bonchev–Trinajstić information content (AvgIpc) is 2.97. The van der Waals surface area contributed by atoms with Crippen LogP contribution in [-0.2, 0) is 5.88 Å². The number of hydrogen-bond acceptors (Lipinski definition) is 1. The number of halogens is 2. The fourth-order valence-electron chi connectivity index (χ4n) is 2.95. The number of anilines is 1. The highest BCUT2D eigenvalue weighted by molar-refractivity contribution is 6.17. The molecule has 2 aromatic rings. The Labute approximate surface area is 124 Å². The smallest absolute Gasteiger partial charge is 0.129 e. The van der Waals surface area contributed by atoms with Crippen molar-refractivity contribution in [1.82, 2.24) is 0 Å². The minimum absolute atomic E-state index is 0.208. The highest BCUT2D eigenvalue weighted by Gasteiger charge is 2.25. The molecule has 1 saturated heterocycles. The molecule has 1 nitrogen and oxygen atoms in total. The standard InChI is InChI=1S/C17H17ClFN/c18-11-15-16(19)7-4-8-17(15)20-10-9-14(12-20)13-5-2-1-3-6-13/h1-8,14H,9-12H2. The molecule has 1 aliphatic heterocycles. The Kier molecular flexibility index (Phi) is 3.93. The molecule has 0 bridgehead atoms. The van der Waals surface area contributed by atoms with E-state index in [0.29, 0.717) is 11.5 Å². The first-order valence-electron chi connectivity index (χ1n) is 6.93. The van der Waals surface area contributed by atoms with Gasteiger partial charge in [-0.15, -0.1) is 11.6 Å². The van der Waals surface area contributed by atoms with Gasteiger partial charge in [-0.1, -0.05) is 36.4 Å². The molecule has 0 spiro atoms. The fraction of sp³-hybridized carbons (Fsp3) is 0.294. The van der Waals surface area contributed by atoms with Crippen molar-refractivity contribution in [3.8, 4) is 0 Å². The highest BCUT2D eigenvalue weighted by atomic mass is 35.5. The summed E-state index contributed by atoms with van der Waals surface area (Å²) in [6.07, 6.45) is 1.10. The second-order valence-electron chi connectivity index (χ2n) is 5.21. The first-order chi connectivity index (χ1) is 9.79. The van der Waals surface area contributed by atoms with Gasteiger partial charge in [-0.25, -0.2) is 4.39 Å². The summed E-state index contributed by atoms with van der Waals surface area (Å²) < 4.78 is 13.8. The number of nitrogens with zero attached hydrogens (tertiary/aromatic N) is 1. The van der Waals surface area contributed by atoms with Crippen molar-refractivity contribution in [2.45, 2.75) is 18.2 Å². The monoisotopic (exact) mass is 289 g/mol. The molecule has 0 aliphatic carbocycles. The van der Waals surface area contributed by atoms with Gasteiger partial charge < -0.3 is 4.90 Å². The summed E-state index contributed by atoms with van der Waals surface area (Å²) in [5.74, 6) is 0.525. The SMILES string of the molecule is Fc1cccc(N2CCC(c3ccccc3)C2)c1CCl. The van der Waals surface area contributed by atoms with Gasteiger partial charge in [-0.2, -0.15) is 0 Å². The molecule has 1 atom stereocenters. The van der Waals surface area contributed by atoms with Crippen LogP contribution in [0.2, 0.25) is 0 Å². The van der Waals surface area contributed by atoms with Crippen LogP contribution in [0.3, 0.4) is 0 Å². The molecule has 0 amide bonds. The Morgan fingerprint density at radius 3 is 2.65 bits per heavy atom. The zero-order valence-corrected chi connectivity index (χ0v) is 12.0.